The van der Waals surface area contributed by atoms with Crippen molar-refractivity contribution in [1.29, 1.82) is 0 Å². The van der Waals surface area contributed by atoms with Crippen LogP contribution >= 0.6 is 0 Å². The Hall–Kier alpha value is -0.0800. The Morgan fingerprint density at radius 2 is 1.67 bits per heavy atom. The molecule has 2 saturated heterocycles. The Kier molecular flexibility index (Phi) is 4.58. The zero-order chi connectivity index (χ0) is 12.2. The summed E-state index contributed by atoms with van der Waals surface area (Å²) in [4.78, 5) is 2.85. The third-order valence-electron chi connectivity index (χ3n) is 5.48. The van der Waals surface area contributed by atoms with Gasteiger partial charge in [0, 0.05) is 18.6 Å². The van der Waals surface area contributed by atoms with Crippen LogP contribution in [0.4, 0.5) is 0 Å². The fourth-order valence-electron chi connectivity index (χ4n) is 4.49. The van der Waals surface area contributed by atoms with Crippen molar-refractivity contribution < 1.29 is 0 Å². The molecule has 3 fully saturated rings. The first-order valence-corrected chi connectivity index (χ1v) is 8.41. The van der Waals surface area contributed by atoms with Gasteiger partial charge in [-0.3, -0.25) is 4.90 Å². The topological polar surface area (TPSA) is 15.3 Å². The molecule has 2 unspecified atom stereocenters. The lowest BCUT2D eigenvalue weighted by Crippen LogP contribution is -2.44. The minimum atomic E-state index is 0.787. The van der Waals surface area contributed by atoms with Crippen LogP contribution in [0.3, 0.4) is 0 Å². The smallest absolute Gasteiger partial charge is 0.0195 e. The first-order valence-electron chi connectivity index (χ1n) is 8.41. The van der Waals surface area contributed by atoms with E-state index in [-0.39, 0.29) is 0 Å². The van der Waals surface area contributed by atoms with Crippen molar-refractivity contribution >= 4 is 0 Å². The van der Waals surface area contributed by atoms with Gasteiger partial charge in [0.1, 0.15) is 0 Å². The molecule has 1 aliphatic carbocycles. The van der Waals surface area contributed by atoms with Gasteiger partial charge in [0.25, 0.3) is 0 Å². The van der Waals surface area contributed by atoms with E-state index >= 15 is 0 Å². The zero-order valence-corrected chi connectivity index (χ0v) is 11.9. The molecule has 2 heterocycles. The quantitative estimate of drug-likeness (QED) is 0.827. The average molecular weight is 250 g/mol. The maximum Gasteiger partial charge on any atom is 0.0195 e. The summed E-state index contributed by atoms with van der Waals surface area (Å²) in [7, 11) is 0. The summed E-state index contributed by atoms with van der Waals surface area (Å²) in [5, 5.41) is 3.78. The van der Waals surface area contributed by atoms with E-state index in [9.17, 15) is 0 Å². The molecule has 0 bridgehead atoms. The van der Waals surface area contributed by atoms with Gasteiger partial charge >= 0.3 is 0 Å². The van der Waals surface area contributed by atoms with Gasteiger partial charge in [-0.15, -0.1) is 0 Å². The van der Waals surface area contributed by atoms with Gasteiger partial charge < -0.3 is 5.32 Å². The summed E-state index contributed by atoms with van der Waals surface area (Å²) in [6.07, 6.45) is 14.6. The number of likely N-dealkylation sites (tertiary alicyclic amines) is 1. The van der Waals surface area contributed by atoms with E-state index in [2.05, 4.69) is 10.2 Å². The number of rotatable bonds is 3. The summed E-state index contributed by atoms with van der Waals surface area (Å²) < 4.78 is 0. The van der Waals surface area contributed by atoms with Crippen LogP contribution in [-0.4, -0.2) is 36.6 Å². The maximum atomic E-state index is 3.78. The summed E-state index contributed by atoms with van der Waals surface area (Å²) in [6, 6.07) is 1.73. The zero-order valence-electron chi connectivity index (χ0n) is 11.9. The largest absolute Gasteiger partial charge is 0.313 e. The van der Waals surface area contributed by atoms with Crippen molar-refractivity contribution in [2.75, 3.05) is 19.6 Å². The normalized spacial score (nSPS) is 36.0. The van der Waals surface area contributed by atoms with Crippen molar-refractivity contribution in [3.63, 3.8) is 0 Å². The van der Waals surface area contributed by atoms with Crippen LogP contribution < -0.4 is 5.32 Å². The van der Waals surface area contributed by atoms with Crippen LogP contribution in [-0.2, 0) is 0 Å². The van der Waals surface area contributed by atoms with E-state index in [1.807, 2.05) is 0 Å². The fourth-order valence-corrected chi connectivity index (χ4v) is 4.49. The number of nitrogens with zero attached hydrogens (tertiary/aromatic N) is 1. The highest BCUT2D eigenvalue weighted by atomic mass is 15.2. The molecule has 3 aliphatic rings. The Morgan fingerprint density at radius 3 is 2.56 bits per heavy atom. The minimum Gasteiger partial charge on any atom is -0.313 e. The molecule has 0 aromatic carbocycles. The van der Waals surface area contributed by atoms with Crippen LogP contribution in [0.25, 0.3) is 0 Å². The summed E-state index contributed by atoms with van der Waals surface area (Å²) >= 11 is 0. The molecule has 2 atom stereocenters. The summed E-state index contributed by atoms with van der Waals surface area (Å²) in [6.45, 7) is 3.97. The lowest BCUT2D eigenvalue weighted by molar-refractivity contribution is 0.171. The highest BCUT2D eigenvalue weighted by Crippen LogP contribution is 2.35. The predicted octanol–water partition coefficient (Wildman–Crippen LogP) is 3.17. The van der Waals surface area contributed by atoms with Gasteiger partial charge in [-0.1, -0.05) is 25.7 Å². The summed E-state index contributed by atoms with van der Waals surface area (Å²) in [5.74, 6) is 1.04. The first-order chi connectivity index (χ1) is 8.93. The Bertz CT molecular complexity index is 239. The molecule has 2 aliphatic heterocycles. The highest BCUT2D eigenvalue weighted by Gasteiger charge is 2.34. The van der Waals surface area contributed by atoms with Crippen molar-refractivity contribution in [3.05, 3.63) is 0 Å². The van der Waals surface area contributed by atoms with Gasteiger partial charge in [-0.05, 0) is 57.5 Å². The molecule has 0 radical (unpaired) electrons. The van der Waals surface area contributed by atoms with Crippen molar-refractivity contribution in [1.82, 2.24) is 10.2 Å². The SMILES string of the molecule is C1CCNC(CN2CCCC2C2CCCC2)CC1. The number of hydrogen-bond donors (Lipinski definition) is 1. The van der Waals surface area contributed by atoms with Crippen molar-refractivity contribution in [2.24, 2.45) is 5.92 Å². The van der Waals surface area contributed by atoms with E-state index in [0.29, 0.717) is 0 Å². The van der Waals surface area contributed by atoms with E-state index in [4.69, 9.17) is 0 Å². The second-order valence-corrected chi connectivity index (χ2v) is 6.75. The lowest BCUT2D eigenvalue weighted by Gasteiger charge is -2.32. The molecule has 18 heavy (non-hydrogen) atoms. The summed E-state index contributed by atoms with van der Waals surface area (Å²) in [5.41, 5.74) is 0. The van der Waals surface area contributed by atoms with Crippen LogP contribution in [0.2, 0.25) is 0 Å². The van der Waals surface area contributed by atoms with Gasteiger partial charge in [-0.25, -0.2) is 0 Å². The van der Waals surface area contributed by atoms with Crippen LogP contribution in [0.1, 0.15) is 64.2 Å². The molecule has 0 aromatic rings. The second-order valence-electron chi connectivity index (χ2n) is 6.75. The van der Waals surface area contributed by atoms with Crippen LogP contribution in [0.15, 0.2) is 0 Å². The third-order valence-corrected chi connectivity index (χ3v) is 5.48. The van der Waals surface area contributed by atoms with E-state index in [1.54, 1.807) is 0 Å². The maximum absolute atomic E-state index is 3.78. The molecule has 2 heteroatoms. The molecule has 104 valence electrons. The molecular formula is C16H30N2. The average Bonchev–Trinajstić information content (AvgIpc) is 2.97. The monoisotopic (exact) mass is 250 g/mol. The van der Waals surface area contributed by atoms with Gasteiger partial charge in [0.15, 0.2) is 0 Å². The molecule has 1 saturated carbocycles. The third kappa shape index (κ3) is 3.08. The van der Waals surface area contributed by atoms with Crippen LogP contribution in [0.5, 0.6) is 0 Å². The Labute approximate surface area is 113 Å². The van der Waals surface area contributed by atoms with E-state index in [1.165, 1.54) is 83.8 Å². The van der Waals surface area contributed by atoms with E-state index in [0.717, 1.165) is 18.0 Å². The van der Waals surface area contributed by atoms with Crippen molar-refractivity contribution in [2.45, 2.75) is 76.3 Å². The fraction of sp³-hybridized carbons (Fsp3) is 1.00. The van der Waals surface area contributed by atoms with Crippen LogP contribution in [0, 0.1) is 5.92 Å². The van der Waals surface area contributed by atoms with Gasteiger partial charge in [0.2, 0.25) is 0 Å². The molecular weight excluding hydrogens is 220 g/mol. The highest BCUT2D eigenvalue weighted by molar-refractivity contribution is 4.89. The second kappa shape index (κ2) is 6.38. The van der Waals surface area contributed by atoms with Gasteiger partial charge in [0.05, 0.1) is 0 Å². The minimum absolute atomic E-state index is 0.787. The van der Waals surface area contributed by atoms with E-state index < -0.39 is 0 Å². The lowest BCUT2D eigenvalue weighted by atomic mass is 9.95. The molecule has 0 aromatic heterocycles. The molecule has 3 rings (SSSR count). The number of nitrogens with one attached hydrogen (secondary N) is 1. The first kappa shape index (κ1) is 12.9. The number of hydrogen-bond acceptors (Lipinski definition) is 2. The Morgan fingerprint density at radius 1 is 0.833 bits per heavy atom. The molecule has 0 spiro atoms. The predicted molar refractivity (Wildman–Crippen MR) is 76.8 cm³/mol. The molecule has 1 N–H and O–H groups in total. The standard InChI is InChI=1S/C16H30N2/c1-2-9-15(17-11-5-1)13-18-12-6-10-16(18)14-7-3-4-8-14/h14-17H,1-13H2. The Balaban J connectivity index is 1.53. The molecule has 2 nitrogen and oxygen atoms in total. The van der Waals surface area contributed by atoms with Gasteiger partial charge in [-0.2, -0.15) is 0 Å². The molecule has 0 amide bonds. The van der Waals surface area contributed by atoms with Crippen molar-refractivity contribution in [3.8, 4) is 0 Å².